The molecule has 18 heavy (non-hydrogen) atoms. The van der Waals surface area contributed by atoms with E-state index in [2.05, 4.69) is 43.1 Å². The predicted molar refractivity (Wildman–Crippen MR) is 80.2 cm³/mol. The lowest BCUT2D eigenvalue weighted by Gasteiger charge is -2.36. The van der Waals surface area contributed by atoms with E-state index in [-0.39, 0.29) is 0 Å². The molecule has 102 valence electrons. The number of piperidine rings is 1. The van der Waals surface area contributed by atoms with Gasteiger partial charge in [0.25, 0.3) is 0 Å². The molecule has 0 spiro atoms. The molecule has 2 rings (SSSR count). The van der Waals surface area contributed by atoms with Crippen molar-refractivity contribution in [3.05, 3.63) is 21.9 Å². The van der Waals surface area contributed by atoms with Gasteiger partial charge in [-0.25, -0.2) is 0 Å². The van der Waals surface area contributed by atoms with Crippen LogP contribution in [0.3, 0.4) is 0 Å². The topological polar surface area (TPSA) is 15.3 Å². The third-order valence-electron chi connectivity index (χ3n) is 3.92. The maximum atomic E-state index is 3.57. The van der Waals surface area contributed by atoms with Crippen LogP contribution in [0.5, 0.6) is 0 Å². The van der Waals surface area contributed by atoms with Gasteiger partial charge in [-0.05, 0) is 44.7 Å². The summed E-state index contributed by atoms with van der Waals surface area (Å²) >= 11 is 1.90. The van der Waals surface area contributed by atoms with E-state index in [0.717, 1.165) is 25.0 Å². The first kappa shape index (κ1) is 14.0. The van der Waals surface area contributed by atoms with Gasteiger partial charge in [0.05, 0.1) is 0 Å². The highest BCUT2D eigenvalue weighted by atomic mass is 32.1. The highest BCUT2D eigenvalue weighted by Crippen LogP contribution is 2.20. The number of rotatable bonds is 5. The van der Waals surface area contributed by atoms with E-state index in [0.29, 0.717) is 0 Å². The fraction of sp³-hybridized carbons (Fsp3) is 0.733. The van der Waals surface area contributed by atoms with Crippen molar-refractivity contribution in [1.82, 2.24) is 10.2 Å². The van der Waals surface area contributed by atoms with E-state index in [4.69, 9.17) is 0 Å². The molecule has 1 aliphatic rings. The smallest absolute Gasteiger partial charge is 0.0300 e. The maximum absolute atomic E-state index is 3.57. The van der Waals surface area contributed by atoms with E-state index in [1.54, 1.807) is 0 Å². The van der Waals surface area contributed by atoms with Crippen molar-refractivity contribution in [3.63, 3.8) is 0 Å². The van der Waals surface area contributed by atoms with Gasteiger partial charge >= 0.3 is 0 Å². The normalized spacial score (nSPS) is 25.5. The zero-order chi connectivity index (χ0) is 13.0. The number of nitrogens with one attached hydrogen (secondary N) is 1. The zero-order valence-corrected chi connectivity index (χ0v) is 12.7. The molecule has 0 saturated carbocycles. The lowest BCUT2D eigenvalue weighted by Crippen LogP contribution is -2.44. The van der Waals surface area contributed by atoms with E-state index >= 15 is 0 Å². The average molecular weight is 266 g/mol. The molecule has 1 aromatic rings. The van der Waals surface area contributed by atoms with Crippen molar-refractivity contribution < 1.29 is 0 Å². The average Bonchev–Trinajstić information content (AvgIpc) is 2.75. The Morgan fingerprint density at radius 2 is 2.17 bits per heavy atom. The molecule has 1 N–H and O–H groups in total. The predicted octanol–water partition coefficient (Wildman–Crippen LogP) is 3.27. The van der Waals surface area contributed by atoms with E-state index < -0.39 is 0 Å². The van der Waals surface area contributed by atoms with Gasteiger partial charge in [-0.3, -0.25) is 4.90 Å². The molecule has 0 amide bonds. The Balaban J connectivity index is 1.65. The lowest BCUT2D eigenvalue weighted by atomic mass is 9.95. The van der Waals surface area contributed by atoms with E-state index in [1.165, 1.54) is 35.7 Å². The molecule has 0 radical (unpaired) electrons. The molecule has 2 heterocycles. The van der Waals surface area contributed by atoms with Crippen molar-refractivity contribution >= 4 is 11.3 Å². The van der Waals surface area contributed by atoms with Crippen molar-refractivity contribution in [3.8, 4) is 0 Å². The Morgan fingerprint density at radius 1 is 1.33 bits per heavy atom. The lowest BCUT2D eigenvalue weighted by molar-refractivity contribution is 0.126. The van der Waals surface area contributed by atoms with Gasteiger partial charge in [0.2, 0.25) is 0 Å². The van der Waals surface area contributed by atoms with Crippen LogP contribution in [0.4, 0.5) is 0 Å². The van der Waals surface area contributed by atoms with Crippen LogP contribution in [0.2, 0.25) is 0 Å². The van der Waals surface area contributed by atoms with Crippen LogP contribution in [0.1, 0.15) is 36.4 Å². The van der Waals surface area contributed by atoms with Gasteiger partial charge < -0.3 is 5.32 Å². The first-order valence-corrected chi connectivity index (χ1v) is 7.97. The van der Waals surface area contributed by atoms with Crippen molar-refractivity contribution in [2.45, 2.75) is 46.2 Å². The second-order valence-corrected chi connectivity index (χ2v) is 7.09. The molecule has 2 atom stereocenters. The number of hydrogen-bond donors (Lipinski definition) is 1. The largest absolute Gasteiger partial charge is 0.311 e. The molecule has 1 aromatic heterocycles. The number of likely N-dealkylation sites (tertiary alicyclic amines) is 1. The fourth-order valence-electron chi connectivity index (χ4n) is 2.71. The molecule has 2 unspecified atom stereocenters. The molecule has 3 heteroatoms. The number of thiophene rings is 1. The van der Waals surface area contributed by atoms with Crippen molar-refractivity contribution in [2.24, 2.45) is 5.92 Å². The molecule has 1 saturated heterocycles. The summed E-state index contributed by atoms with van der Waals surface area (Å²) in [6.45, 7) is 11.5. The van der Waals surface area contributed by atoms with E-state index in [9.17, 15) is 0 Å². The van der Waals surface area contributed by atoms with Gasteiger partial charge in [-0.2, -0.15) is 0 Å². The molecule has 2 nitrogen and oxygen atoms in total. The van der Waals surface area contributed by atoms with Gasteiger partial charge in [-0.15, -0.1) is 11.3 Å². The number of hydrogen-bond acceptors (Lipinski definition) is 3. The monoisotopic (exact) mass is 266 g/mol. The fourth-order valence-corrected chi connectivity index (χ4v) is 3.57. The van der Waals surface area contributed by atoms with Crippen LogP contribution in [0.25, 0.3) is 0 Å². The zero-order valence-electron chi connectivity index (χ0n) is 11.9. The minimum absolute atomic E-state index is 0.770. The highest BCUT2D eigenvalue weighted by molar-refractivity contribution is 7.11. The summed E-state index contributed by atoms with van der Waals surface area (Å²) in [4.78, 5) is 5.50. The van der Waals surface area contributed by atoms with Gasteiger partial charge in [-0.1, -0.05) is 6.92 Å². The van der Waals surface area contributed by atoms with Gasteiger partial charge in [0.15, 0.2) is 0 Å². The Kier molecular flexibility index (Phi) is 5.22. The molecular formula is C15H26N2S. The van der Waals surface area contributed by atoms with E-state index in [1.807, 2.05) is 11.3 Å². The maximum Gasteiger partial charge on any atom is 0.0300 e. The summed E-state index contributed by atoms with van der Waals surface area (Å²) in [7, 11) is 0. The quantitative estimate of drug-likeness (QED) is 0.823. The second-order valence-electron chi connectivity index (χ2n) is 5.72. The molecule has 0 aromatic carbocycles. The third-order valence-corrected chi connectivity index (χ3v) is 4.92. The summed E-state index contributed by atoms with van der Waals surface area (Å²) in [6, 6.07) is 5.21. The second kappa shape index (κ2) is 6.69. The first-order valence-electron chi connectivity index (χ1n) is 7.15. The number of nitrogens with zero attached hydrogens (tertiary/aromatic N) is 1. The summed E-state index contributed by atoms with van der Waals surface area (Å²) in [6.07, 6.45) is 2.77. The SMILES string of the molecule is Cc1ccc(CNCCN2CC(C)CCC2C)s1. The molecule has 0 aliphatic carbocycles. The summed E-state index contributed by atoms with van der Waals surface area (Å²) in [5, 5.41) is 3.57. The van der Waals surface area contributed by atoms with Gasteiger partial charge in [0, 0.05) is 42.0 Å². The van der Waals surface area contributed by atoms with Crippen molar-refractivity contribution in [1.29, 1.82) is 0 Å². The third kappa shape index (κ3) is 4.08. The molecule has 1 fully saturated rings. The highest BCUT2D eigenvalue weighted by Gasteiger charge is 2.21. The Labute approximate surface area is 115 Å². The van der Waals surface area contributed by atoms with Crippen LogP contribution in [0.15, 0.2) is 12.1 Å². The van der Waals surface area contributed by atoms with Crippen LogP contribution in [-0.2, 0) is 6.54 Å². The van der Waals surface area contributed by atoms with Crippen molar-refractivity contribution in [2.75, 3.05) is 19.6 Å². The van der Waals surface area contributed by atoms with Crippen LogP contribution < -0.4 is 5.32 Å². The summed E-state index contributed by atoms with van der Waals surface area (Å²) in [5.74, 6) is 0.876. The summed E-state index contributed by atoms with van der Waals surface area (Å²) < 4.78 is 0. The Hall–Kier alpha value is -0.380. The minimum Gasteiger partial charge on any atom is -0.311 e. The van der Waals surface area contributed by atoms with Gasteiger partial charge in [0.1, 0.15) is 0 Å². The van der Waals surface area contributed by atoms with Crippen LogP contribution in [0, 0.1) is 12.8 Å². The Bertz CT molecular complexity index is 361. The Morgan fingerprint density at radius 3 is 2.89 bits per heavy atom. The summed E-state index contributed by atoms with van der Waals surface area (Å²) in [5.41, 5.74) is 0. The first-order chi connectivity index (χ1) is 8.65. The minimum atomic E-state index is 0.770. The molecular weight excluding hydrogens is 240 g/mol. The van der Waals surface area contributed by atoms with Crippen LogP contribution in [-0.4, -0.2) is 30.6 Å². The molecule has 1 aliphatic heterocycles. The van der Waals surface area contributed by atoms with Crippen LogP contribution >= 0.6 is 11.3 Å². The number of aryl methyl sites for hydroxylation is 1. The molecule has 0 bridgehead atoms. The standard InChI is InChI=1S/C15H26N2S/c1-12-4-5-13(2)17(11-12)9-8-16-10-15-7-6-14(3)18-15/h6-7,12-13,16H,4-5,8-11H2,1-3H3.